The first-order chi connectivity index (χ1) is 11.5. The van der Waals surface area contributed by atoms with Gasteiger partial charge in [-0.3, -0.25) is 0 Å². The Morgan fingerprint density at radius 2 is 1.96 bits per heavy atom. The zero-order valence-electron chi connectivity index (χ0n) is 12.4. The molecular formula is C13H9ClF3N3O4S. The van der Waals surface area contributed by atoms with Crippen molar-refractivity contribution in [1.29, 1.82) is 0 Å². The van der Waals surface area contributed by atoms with Gasteiger partial charge in [-0.15, -0.1) is 0 Å². The number of oxazole rings is 1. The molecule has 0 N–H and O–H groups in total. The van der Waals surface area contributed by atoms with Crippen LogP contribution in [-0.2, 0) is 17.2 Å². The van der Waals surface area contributed by atoms with Crippen LogP contribution in [0.25, 0.3) is 22.6 Å². The molecule has 12 heteroatoms. The van der Waals surface area contributed by atoms with Crippen molar-refractivity contribution in [3.8, 4) is 11.5 Å². The third kappa shape index (κ3) is 4.87. The van der Waals surface area contributed by atoms with Gasteiger partial charge in [0.05, 0.1) is 7.05 Å². The first-order valence-corrected chi connectivity index (χ1v) is 8.15. The van der Waals surface area contributed by atoms with Crippen LogP contribution >= 0.6 is 11.6 Å². The molecule has 0 aliphatic carbocycles. The molecule has 3 rings (SSSR count). The monoisotopic (exact) mass is 395 g/mol. The van der Waals surface area contributed by atoms with Gasteiger partial charge >= 0.3 is 5.51 Å². The van der Waals surface area contributed by atoms with Crippen LogP contribution in [0.5, 0.6) is 0 Å². The van der Waals surface area contributed by atoms with Gasteiger partial charge in [0.2, 0.25) is 5.89 Å². The lowest BCUT2D eigenvalue weighted by atomic mass is 10.3. The Labute approximate surface area is 144 Å². The largest absolute Gasteiger partial charge is 0.741 e. The minimum absolute atomic E-state index is 0.547. The minimum Gasteiger partial charge on any atom is -0.741 e. The standard InChI is InChI=1S/C12H9ClN3O.CHF3O3S/c1-16-6-8(5-14-7-16)12-15-10-4-9(13)2-3-11(10)17-12;2-1(3,4)8(5,6)7/h2-7H,1H3;(H,5,6,7)/q+1;/p-1. The molecule has 0 aliphatic heterocycles. The van der Waals surface area contributed by atoms with Crippen LogP contribution in [0, 0.1) is 0 Å². The molecule has 2 aromatic heterocycles. The Morgan fingerprint density at radius 1 is 1.32 bits per heavy atom. The quantitative estimate of drug-likeness (QED) is 0.356. The molecule has 0 aliphatic rings. The van der Waals surface area contributed by atoms with Crippen molar-refractivity contribution < 1.29 is 35.1 Å². The summed E-state index contributed by atoms with van der Waals surface area (Å²) in [6.45, 7) is 0. The number of rotatable bonds is 1. The lowest BCUT2D eigenvalue weighted by molar-refractivity contribution is -0.674. The van der Waals surface area contributed by atoms with E-state index in [0.29, 0.717) is 10.9 Å². The summed E-state index contributed by atoms with van der Waals surface area (Å²) in [5, 5.41) is 0.647. The summed E-state index contributed by atoms with van der Waals surface area (Å²) in [6, 6.07) is 5.37. The van der Waals surface area contributed by atoms with E-state index in [1.807, 2.05) is 23.9 Å². The molecule has 0 amide bonds. The molecule has 25 heavy (non-hydrogen) atoms. The number of benzene rings is 1. The Kier molecular flexibility index (Phi) is 5.30. The zero-order chi connectivity index (χ0) is 18.8. The topological polar surface area (TPSA) is 100 Å². The average molecular weight is 396 g/mol. The van der Waals surface area contributed by atoms with Gasteiger partial charge in [-0.2, -0.15) is 13.2 Å². The highest BCUT2D eigenvalue weighted by atomic mass is 35.5. The summed E-state index contributed by atoms with van der Waals surface area (Å²) in [4.78, 5) is 8.47. The van der Waals surface area contributed by atoms with E-state index in [0.717, 1.165) is 16.7 Å². The molecule has 1 aromatic carbocycles. The van der Waals surface area contributed by atoms with Crippen molar-refractivity contribution in [2.24, 2.45) is 7.05 Å². The van der Waals surface area contributed by atoms with E-state index in [9.17, 15) is 13.2 Å². The summed E-state index contributed by atoms with van der Waals surface area (Å²) in [6.07, 6.45) is 5.33. The van der Waals surface area contributed by atoms with Crippen molar-refractivity contribution in [1.82, 2.24) is 9.97 Å². The van der Waals surface area contributed by atoms with Gasteiger partial charge in [0, 0.05) is 5.02 Å². The number of aromatic nitrogens is 3. The van der Waals surface area contributed by atoms with Gasteiger partial charge in [0.25, 0.3) is 6.33 Å². The molecule has 0 atom stereocenters. The smallest absolute Gasteiger partial charge is 0.485 e. The van der Waals surface area contributed by atoms with Crippen LogP contribution in [-0.4, -0.2) is 28.4 Å². The van der Waals surface area contributed by atoms with Gasteiger partial charge in [0.15, 0.2) is 21.9 Å². The third-order valence-corrected chi connectivity index (χ3v) is 3.49. The normalized spacial score (nSPS) is 11.9. The SMILES string of the molecule is C[n+]1cncc(-c2nc3cc(Cl)ccc3o2)c1.O=S(=O)([O-])C(F)(F)F. The summed E-state index contributed by atoms with van der Waals surface area (Å²) < 4.78 is 66.4. The van der Waals surface area contributed by atoms with Crippen LogP contribution in [0.1, 0.15) is 0 Å². The molecule has 0 unspecified atom stereocenters. The van der Waals surface area contributed by atoms with Crippen LogP contribution in [0.15, 0.2) is 41.3 Å². The van der Waals surface area contributed by atoms with Crippen molar-refractivity contribution >= 4 is 32.8 Å². The predicted octanol–water partition coefficient (Wildman–Crippen LogP) is 2.42. The molecule has 7 nitrogen and oxygen atoms in total. The highest BCUT2D eigenvalue weighted by Gasteiger charge is 2.36. The predicted molar refractivity (Wildman–Crippen MR) is 79.2 cm³/mol. The Morgan fingerprint density at radius 3 is 2.52 bits per heavy atom. The van der Waals surface area contributed by atoms with E-state index >= 15 is 0 Å². The fraction of sp³-hybridized carbons (Fsp3) is 0.154. The maximum atomic E-state index is 10.7. The van der Waals surface area contributed by atoms with Crippen molar-refractivity contribution in [2.75, 3.05) is 0 Å². The molecule has 0 saturated heterocycles. The lowest BCUT2D eigenvalue weighted by Gasteiger charge is -2.08. The first kappa shape index (κ1) is 19.1. The average Bonchev–Trinajstić information content (AvgIpc) is 2.89. The van der Waals surface area contributed by atoms with Crippen molar-refractivity contribution in [2.45, 2.75) is 5.51 Å². The second-order valence-electron chi connectivity index (χ2n) is 4.67. The van der Waals surface area contributed by atoms with Crippen molar-refractivity contribution in [3.63, 3.8) is 0 Å². The van der Waals surface area contributed by atoms with Gasteiger partial charge < -0.3 is 8.97 Å². The van der Waals surface area contributed by atoms with Crippen LogP contribution < -0.4 is 4.57 Å². The second kappa shape index (κ2) is 6.94. The van der Waals surface area contributed by atoms with E-state index in [1.54, 1.807) is 24.7 Å². The zero-order valence-corrected chi connectivity index (χ0v) is 13.9. The van der Waals surface area contributed by atoms with E-state index in [-0.39, 0.29) is 0 Å². The van der Waals surface area contributed by atoms with Gasteiger partial charge in [-0.05, 0) is 18.2 Å². The molecule has 0 saturated carbocycles. The number of fused-ring (bicyclic) bond motifs is 1. The van der Waals surface area contributed by atoms with Crippen LogP contribution in [0.4, 0.5) is 13.2 Å². The van der Waals surface area contributed by atoms with Crippen molar-refractivity contribution in [3.05, 3.63) is 41.9 Å². The lowest BCUT2D eigenvalue weighted by Crippen LogP contribution is -2.27. The van der Waals surface area contributed by atoms with E-state index in [4.69, 9.17) is 29.0 Å². The van der Waals surface area contributed by atoms with Gasteiger partial charge in [-0.1, -0.05) is 16.6 Å². The summed E-state index contributed by atoms with van der Waals surface area (Å²) >= 11 is 5.90. The molecule has 0 spiro atoms. The number of hydrogen-bond donors (Lipinski definition) is 0. The molecule has 0 radical (unpaired) electrons. The van der Waals surface area contributed by atoms with Gasteiger partial charge in [0.1, 0.15) is 17.3 Å². The summed E-state index contributed by atoms with van der Waals surface area (Å²) in [5.41, 5.74) is -3.34. The molecule has 0 fully saturated rings. The van der Waals surface area contributed by atoms with E-state index in [1.165, 1.54) is 0 Å². The van der Waals surface area contributed by atoms with Crippen LogP contribution in [0.2, 0.25) is 5.02 Å². The second-order valence-corrected chi connectivity index (χ2v) is 6.48. The van der Waals surface area contributed by atoms with E-state index < -0.39 is 15.6 Å². The molecule has 2 heterocycles. The third-order valence-electron chi connectivity index (χ3n) is 2.69. The highest BCUT2D eigenvalue weighted by Crippen LogP contribution is 2.25. The Balaban J connectivity index is 0.000000242. The maximum Gasteiger partial charge on any atom is 0.485 e. The Hall–Kier alpha value is -2.24. The summed E-state index contributed by atoms with van der Waals surface area (Å²) in [5.74, 6) is 0.547. The highest BCUT2D eigenvalue weighted by molar-refractivity contribution is 7.86. The van der Waals surface area contributed by atoms with E-state index in [2.05, 4.69) is 9.97 Å². The van der Waals surface area contributed by atoms with Crippen LogP contribution in [0.3, 0.4) is 0 Å². The number of aryl methyl sites for hydroxylation is 1. The fourth-order valence-electron chi connectivity index (χ4n) is 1.64. The Bertz CT molecular complexity index is 1010. The number of nitrogens with zero attached hydrogens (tertiary/aromatic N) is 3. The summed E-state index contributed by atoms with van der Waals surface area (Å²) in [7, 11) is -4.19. The molecule has 0 bridgehead atoms. The maximum absolute atomic E-state index is 10.7. The number of halogens is 4. The molecule has 3 aromatic rings. The minimum atomic E-state index is -6.09. The molecular weight excluding hydrogens is 387 g/mol. The number of alkyl halides is 3. The fourth-order valence-corrected chi connectivity index (χ4v) is 1.81. The van der Waals surface area contributed by atoms with Gasteiger partial charge in [-0.25, -0.2) is 18.0 Å². The first-order valence-electron chi connectivity index (χ1n) is 6.36. The number of hydrogen-bond acceptors (Lipinski definition) is 6. The molecule has 134 valence electrons.